The molecule has 9 nitrogen and oxygen atoms in total. The minimum atomic E-state index is -0.491. The fourth-order valence-electron chi connectivity index (χ4n) is 4.06. The fourth-order valence-corrected chi connectivity index (χ4v) is 4.06. The highest BCUT2D eigenvalue weighted by Gasteiger charge is 2.17. The largest absolute Gasteiger partial charge is 0.508 e. The van der Waals surface area contributed by atoms with Gasteiger partial charge in [-0.15, -0.1) is 5.11 Å². The molecule has 0 bridgehead atoms. The monoisotopic (exact) mass is 499 g/mol. The van der Waals surface area contributed by atoms with E-state index in [4.69, 9.17) is 4.74 Å². The highest BCUT2D eigenvalue weighted by Crippen LogP contribution is 2.29. The molecule has 1 fully saturated rings. The lowest BCUT2D eigenvalue weighted by Crippen LogP contribution is -2.37. The van der Waals surface area contributed by atoms with E-state index in [0.29, 0.717) is 26.3 Å². The number of hydrogen-bond acceptors (Lipinski definition) is 9. The van der Waals surface area contributed by atoms with Gasteiger partial charge in [-0.3, -0.25) is 4.98 Å². The first-order chi connectivity index (χ1) is 18.0. The maximum absolute atomic E-state index is 14.2. The number of halogens is 1. The summed E-state index contributed by atoms with van der Waals surface area (Å²) < 4.78 is 19.5. The summed E-state index contributed by atoms with van der Waals surface area (Å²) in [4.78, 5) is 14.4. The maximum atomic E-state index is 14.2. The van der Waals surface area contributed by atoms with Crippen molar-refractivity contribution in [1.82, 2.24) is 15.0 Å². The van der Waals surface area contributed by atoms with Crippen LogP contribution in [0.2, 0.25) is 0 Å². The van der Waals surface area contributed by atoms with E-state index in [-0.39, 0.29) is 24.1 Å². The molecule has 1 aliphatic heterocycles. The minimum Gasteiger partial charge on any atom is -0.508 e. The number of morpholine rings is 1. The number of benzene rings is 2. The van der Waals surface area contributed by atoms with Crippen LogP contribution in [0.3, 0.4) is 0 Å². The van der Waals surface area contributed by atoms with E-state index in [9.17, 15) is 9.50 Å². The van der Waals surface area contributed by atoms with Crippen LogP contribution in [-0.4, -0.2) is 46.4 Å². The lowest BCUT2D eigenvalue weighted by molar-refractivity contribution is 0.122. The van der Waals surface area contributed by atoms with Crippen molar-refractivity contribution >= 4 is 23.1 Å². The van der Waals surface area contributed by atoms with E-state index in [0.717, 1.165) is 40.0 Å². The number of ether oxygens (including phenoxy) is 1. The van der Waals surface area contributed by atoms with Crippen LogP contribution in [0.5, 0.6) is 5.75 Å². The van der Waals surface area contributed by atoms with E-state index in [1.165, 1.54) is 0 Å². The van der Waals surface area contributed by atoms with Crippen molar-refractivity contribution in [1.29, 1.82) is 0 Å². The molecular weight excluding hydrogens is 473 g/mol. The van der Waals surface area contributed by atoms with Gasteiger partial charge in [0.1, 0.15) is 12.3 Å². The van der Waals surface area contributed by atoms with Crippen LogP contribution in [0, 0.1) is 12.7 Å². The molecule has 37 heavy (non-hydrogen) atoms. The third kappa shape index (κ3) is 6.04. The molecule has 2 aromatic heterocycles. The molecule has 0 spiro atoms. The number of nitrogens with zero attached hydrogens (tertiary/aromatic N) is 6. The van der Waals surface area contributed by atoms with Gasteiger partial charge >= 0.3 is 0 Å². The third-order valence-corrected chi connectivity index (χ3v) is 5.91. The van der Waals surface area contributed by atoms with Crippen molar-refractivity contribution in [2.45, 2.75) is 13.5 Å². The average Bonchev–Trinajstić information content (AvgIpc) is 2.91. The summed E-state index contributed by atoms with van der Waals surface area (Å²) in [6.45, 7) is 4.46. The van der Waals surface area contributed by atoms with Crippen molar-refractivity contribution < 1.29 is 14.2 Å². The SMILES string of the molecule is Cc1cc(Nc2ccc(CN=Nc3ncc(F)c(N4CCOCC4)n3)nc2)ccc1-c1cccc(O)c1. The normalized spacial score (nSPS) is 13.7. The van der Waals surface area contributed by atoms with Crippen LogP contribution in [0.15, 0.2) is 77.2 Å². The van der Waals surface area contributed by atoms with Crippen LogP contribution in [0.25, 0.3) is 11.1 Å². The van der Waals surface area contributed by atoms with Crippen molar-refractivity contribution in [3.05, 3.63) is 84.1 Å². The van der Waals surface area contributed by atoms with Gasteiger partial charge in [-0.05, 0) is 60.0 Å². The molecule has 5 rings (SSSR count). The van der Waals surface area contributed by atoms with E-state index >= 15 is 0 Å². The Kier molecular flexibility index (Phi) is 7.27. The molecule has 1 saturated heterocycles. The number of hydrogen-bond donors (Lipinski definition) is 2. The Morgan fingerprint density at radius 1 is 1.03 bits per heavy atom. The first-order valence-corrected chi connectivity index (χ1v) is 11.9. The maximum Gasteiger partial charge on any atom is 0.270 e. The van der Waals surface area contributed by atoms with E-state index < -0.39 is 5.82 Å². The number of aromatic hydroxyl groups is 1. The number of phenolic OH excluding ortho intramolecular Hbond substituents is 1. The summed E-state index contributed by atoms with van der Waals surface area (Å²) in [6.07, 6.45) is 2.84. The number of azo groups is 1. The summed E-state index contributed by atoms with van der Waals surface area (Å²) in [6, 6.07) is 17.1. The van der Waals surface area contributed by atoms with Gasteiger partial charge in [0.25, 0.3) is 5.95 Å². The summed E-state index contributed by atoms with van der Waals surface area (Å²) in [7, 11) is 0. The second kappa shape index (κ2) is 11.1. The van der Waals surface area contributed by atoms with Gasteiger partial charge in [-0.2, -0.15) is 10.1 Å². The summed E-state index contributed by atoms with van der Waals surface area (Å²) in [5, 5.41) is 21.3. The zero-order valence-corrected chi connectivity index (χ0v) is 20.3. The summed E-state index contributed by atoms with van der Waals surface area (Å²) >= 11 is 0. The molecule has 0 saturated carbocycles. The Hall–Kier alpha value is -4.44. The Balaban J connectivity index is 1.20. The summed E-state index contributed by atoms with van der Waals surface area (Å²) in [5.74, 6) is 0.0687. The summed E-state index contributed by atoms with van der Waals surface area (Å²) in [5.41, 5.74) is 5.60. The van der Waals surface area contributed by atoms with Crippen molar-refractivity contribution in [2.75, 3.05) is 36.5 Å². The smallest absolute Gasteiger partial charge is 0.270 e. The number of aryl methyl sites for hydroxylation is 1. The Morgan fingerprint density at radius 3 is 2.62 bits per heavy atom. The van der Waals surface area contributed by atoms with Gasteiger partial charge in [-0.1, -0.05) is 18.2 Å². The van der Waals surface area contributed by atoms with Crippen molar-refractivity contribution in [3.63, 3.8) is 0 Å². The first-order valence-electron chi connectivity index (χ1n) is 11.9. The Bertz CT molecular complexity index is 1410. The van der Waals surface area contributed by atoms with Crippen LogP contribution < -0.4 is 10.2 Å². The molecule has 0 radical (unpaired) electrons. The number of rotatable bonds is 7. The highest BCUT2D eigenvalue weighted by molar-refractivity contribution is 5.72. The molecule has 2 aromatic carbocycles. The molecule has 4 aromatic rings. The van der Waals surface area contributed by atoms with Gasteiger partial charge in [-0.25, -0.2) is 9.37 Å². The molecule has 1 aliphatic rings. The van der Waals surface area contributed by atoms with Crippen molar-refractivity contribution in [3.8, 4) is 16.9 Å². The second-order valence-corrected chi connectivity index (χ2v) is 8.58. The topological polar surface area (TPSA) is 108 Å². The van der Waals surface area contributed by atoms with Crippen LogP contribution >= 0.6 is 0 Å². The third-order valence-electron chi connectivity index (χ3n) is 5.91. The van der Waals surface area contributed by atoms with Crippen LogP contribution in [0.1, 0.15) is 11.3 Å². The zero-order chi connectivity index (χ0) is 25.6. The standard InChI is InChI=1S/C27H26FN7O2/c1-18-13-20(7-8-24(18)19-3-2-4-23(36)14-19)32-22-6-5-21(29-15-22)16-31-34-27-30-17-25(28)26(33-27)35-9-11-37-12-10-35/h2-8,13-15,17,32,36H,9-12,16H2,1H3. The molecular formula is C27H26FN7O2. The molecule has 0 atom stereocenters. The Labute approximate surface area is 213 Å². The molecule has 0 amide bonds. The number of aromatic nitrogens is 3. The zero-order valence-electron chi connectivity index (χ0n) is 20.3. The number of nitrogens with one attached hydrogen (secondary N) is 1. The number of pyridine rings is 1. The lowest BCUT2D eigenvalue weighted by atomic mass is 10.00. The predicted molar refractivity (Wildman–Crippen MR) is 139 cm³/mol. The number of anilines is 3. The van der Waals surface area contributed by atoms with Gasteiger partial charge < -0.3 is 20.1 Å². The Morgan fingerprint density at radius 2 is 1.86 bits per heavy atom. The molecule has 3 heterocycles. The second-order valence-electron chi connectivity index (χ2n) is 8.58. The van der Waals surface area contributed by atoms with Crippen LogP contribution in [-0.2, 0) is 11.3 Å². The van der Waals surface area contributed by atoms with Crippen LogP contribution in [0.4, 0.5) is 27.5 Å². The fraction of sp³-hybridized carbons (Fsp3) is 0.222. The number of phenols is 1. The molecule has 188 valence electrons. The quantitative estimate of drug-likeness (QED) is 0.321. The average molecular weight is 500 g/mol. The van der Waals surface area contributed by atoms with E-state index in [2.05, 4.69) is 36.6 Å². The first kappa shape index (κ1) is 24.3. The highest BCUT2D eigenvalue weighted by atomic mass is 19.1. The molecule has 0 aliphatic carbocycles. The molecule has 2 N–H and O–H groups in total. The van der Waals surface area contributed by atoms with E-state index in [1.807, 2.05) is 48.2 Å². The van der Waals surface area contributed by atoms with E-state index in [1.54, 1.807) is 18.3 Å². The van der Waals surface area contributed by atoms with Crippen molar-refractivity contribution in [2.24, 2.45) is 10.2 Å². The van der Waals surface area contributed by atoms with Gasteiger partial charge in [0.15, 0.2) is 11.6 Å². The minimum absolute atomic E-state index is 0.103. The van der Waals surface area contributed by atoms with Gasteiger partial charge in [0.2, 0.25) is 0 Å². The molecule has 10 heteroatoms. The lowest BCUT2D eigenvalue weighted by Gasteiger charge is -2.27. The molecule has 0 unspecified atom stereocenters. The van der Waals surface area contributed by atoms with Gasteiger partial charge in [0.05, 0.1) is 37.0 Å². The predicted octanol–water partition coefficient (Wildman–Crippen LogP) is 5.56. The van der Waals surface area contributed by atoms with Gasteiger partial charge in [0, 0.05) is 18.8 Å².